The Kier molecular flexibility index (Phi) is 7.56. The lowest BCUT2D eigenvalue weighted by Gasteiger charge is -2.27. The van der Waals surface area contributed by atoms with Crippen LogP contribution >= 0.6 is 0 Å². The topological polar surface area (TPSA) is 47.6 Å². The van der Waals surface area contributed by atoms with Gasteiger partial charge in [-0.25, -0.2) is 0 Å². The van der Waals surface area contributed by atoms with E-state index in [2.05, 4.69) is 12.2 Å². The first-order valence-electron chi connectivity index (χ1n) is 8.46. The van der Waals surface area contributed by atoms with Crippen LogP contribution in [0.1, 0.15) is 58.9 Å². The summed E-state index contributed by atoms with van der Waals surface area (Å²) in [5.41, 5.74) is 0.972. The average Bonchev–Trinajstić information content (AvgIpc) is 2.49. The molecule has 0 bridgehead atoms. The minimum Gasteiger partial charge on any atom is -0.491 e. The van der Waals surface area contributed by atoms with Crippen molar-refractivity contribution >= 4 is 11.6 Å². The van der Waals surface area contributed by atoms with Crippen molar-refractivity contribution in [3.63, 3.8) is 0 Å². The lowest BCUT2D eigenvalue weighted by molar-refractivity contribution is -0.136. The lowest BCUT2D eigenvalue weighted by Crippen LogP contribution is -2.41. The number of hydrogen-bond donors (Lipinski definition) is 1. The minimum absolute atomic E-state index is 0.104. The smallest absolute Gasteiger partial charge is 0.256 e. The quantitative estimate of drug-likeness (QED) is 0.670. The van der Waals surface area contributed by atoms with E-state index in [1.807, 2.05) is 45.9 Å². The molecule has 0 saturated carbocycles. The van der Waals surface area contributed by atoms with Crippen molar-refractivity contribution in [2.24, 2.45) is 0 Å². The van der Waals surface area contributed by atoms with E-state index in [0.717, 1.165) is 42.7 Å². The van der Waals surface area contributed by atoms with Crippen molar-refractivity contribution in [1.29, 1.82) is 0 Å². The van der Waals surface area contributed by atoms with Crippen molar-refractivity contribution < 1.29 is 14.3 Å². The van der Waals surface area contributed by atoms with Crippen molar-refractivity contribution in [2.75, 3.05) is 12.4 Å². The van der Waals surface area contributed by atoms with E-state index < -0.39 is 5.60 Å². The largest absolute Gasteiger partial charge is 0.491 e. The number of nitrogens with one attached hydrogen (secondary N) is 1. The van der Waals surface area contributed by atoms with Crippen LogP contribution in [-0.2, 0) is 9.53 Å². The van der Waals surface area contributed by atoms with E-state index in [1.165, 1.54) is 0 Å². The number of methoxy groups -OCH3 is 1. The first-order chi connectivity index (χ1) is 10.8. The molecule has 1 rings (SSSR count). The monoisotopic (exact) mass is 321 g/mol. The molecule has 1 atom stereocenters. The Labute approximate surface area is 140 Å². The summed E-state index contributed by atoms with van der Waals surface area (Å²) in [5, 5.41) is 2.96. The van der Waals surface area contributed by atoms with Crippen LogP contribution in [0.4, 0.5) is 5.69 Å². The van der Waals surface area contributed by atoms with Crippen LogP contribution in [0.15, 0.2) is 18.2 Å². The zero-order chi connectivity index (χ0) is 17.5. The van der Waals surface area contributed by atoms with Crippen LogP contribution in [0.5, 0.6) is 5.75 Å². The number of carbonyl (C=O) groups is 1. The van der Waals surface area contributed by atoms with Crippen molar-refractivity contribution in [1.82, 2.24) is 0 Å². The second kappa shape index (κ2) is 8.92. The summed E-state index contributed by atoms with van der Waals surface area (Å²) in [5.74, 6) is 0.739. The van der Waals surface area contributed by atoms with Gasteiger partial charge in [0.15, 0.2) is 0 Å². The summed E-state index contributed by atoms with van der Waals surface area (Å²) in [6, 6.07) is 5.69. The zero-order valence-electron chi connectivity index (χ0n) is 15.4. The van der Waals surface area contributed by atoms with Crippen LogP contribution in [0.3, 0.4) is 0 Å². The van der Waals surface area contributed by atoms with Crippen LogP contribution in [0, 0.1) is 6.92 Å². The molecule has 0 heterocycles. The Morgan fingerprint density at radius 3 is 2.52 bits per heavy atom. The average molecular weight is 321 g/mol. The van der Waals surface area contributed by atoms with Gasteiger partial charge in [-0.3, -0.25) is 4.79 Å². The van der Waals surface area contributed by atoms with E-state index in [1.54, 1.807) is 7.11 Å². The molecule has 0 fully saturated rings. The summed E-state index contributed by atoms with van der Waals surface area (Å²) in [6.45, 7) is 9.96. The maximum atomic E-state index is 12.6. The van der Waals surface area contributed by atoms with Crippen molar-refractivity contribution in [3.05, 3.63) is 23.8 Å². The standard InChI is InChI=1S/C19H31NO3/c1-7-8-9-12-19(5,22-6)18(21)20-16-10-11-17(15(4)13-16)23-14(2)3/h10-11,13-14H,7-9,12H2,1-6H3,(H,20,21)/t19-/m0/s1. The fraction of sp³-hybridized carbons (Fsp3) is 0.632. The van der Waals surface area contributed by atoms with Gasteiger partial charge in [0, 0.05) is 12.8 Å². The van der Waals surface area contributed by atoms with E-state index in [-0.39, 0.29) is 12.0 Å². The number of aryl methyl sites for hydroxylation is 1. The summed E-state index contributed by atoms with van der Waals surface area (Å²) in [7, 11) is 1.59. The highest BCUT2D eigenvalue weighted by Gasteiger charge is 2.32. The lowest BCUT2D eigenvalue weighted by atomic mass is 9.97. The van der Waals surface area contributed by atoms with Gasteiger partial charge in [0.2, 0.25) is 0 Å². The van der Waals surface area contributed by atoms with Crippen LogP contribution < -0.4 is 10.1 Å². The molecule has 1 N–H and O–H groups in total. The first kappa shape index (κ1) is 19.5. The van der Waals surface area contributed by atoms with Gasteiger partial charge in [0.1, 0.15) is 11.4 Å². The van der Waals surface area contributed by atoms with Crippen molar-refractivity contribution in [2.45, 2.75) is 72.0 Å². The third-order valence-corrected chi connectivity index (χ3v) is 3.98. The third kappa shape index (κ3) is 5.87. The number of rotatable bonds is 9. The molecule has 4 nitrogen and oxygen atoms in total. The predicted molar refractivity (Wildman–Crippen MR) is 95.1 cm³/mol. The number of hydrogen-bond acceptors (Lipinski definition) is 3. The highest BCUT2D eigenvalue weighted by Crippen LogP contribution is 2.25. The second-order valence-corrected chi connectivity index (χ2v) is 6.49. The molecule has 0 aliphatic rings. The van der Waals surface area contributed by atoms with E-state index in [9.17, 15) is 4.79 Å². The molecule has 0 unspecified atom stereocenters. The van der Waals surface area contributed by atoms with E-state index in [4.69, 9.17) is 9.47 Å². The Morgan fingerprint density at radius 1 is 1.30 bits per heavy atom. The SMILES string of the molecule is CCCCC[C@](C)(OC)C(=O)Nc1ccc(OC(C)C)c(C)c1. The fourth-order valence-electron chi connectivity index (χ4n) is 2.40. The number of amides is 1. The van der Waals surface area contributed by atoms with E-state index >= 15 is 0 Å². The Balaban J connectivity index is 2.77. The van der Waals surface area contributed by atoms with Gasteiger partial charge in [-0.05, 0) is 57.9 Å². The fourth-order valence-corrected chi connectivity index (χ4v) is 2.40. The van der Waals surface area contributed by atoms with Crippen LogP contribution in [0.2, 0.25) is 0 Å². The number of anilines is 1. The Bertz CT molecular complexity index is 513. The number of carbonyl (C=O) groups excluding carboxylic acids is 1. The maximum Gasteiger partial charge on any atom is 0.256 e. The van der Waals surface area contributed by atoms with Gasteiger partial charge in [-0.1, -0.05) is 26.2 Å². The molecule has 1 aromatic rings. The highest BCUT2D eigenvalue weighted by molar-refractivity contribution is 5.97. The molecule has 4 heteroatoms. The molecule has 130 valence electrons. The molecule has 0 aromatic heterocycles. The normalized spacial score (nSPS) is 13.7. The predicted octanol–water partition coefficient (Wildman–Crippen LogP) is 4.71. The highest BCUT2D eigenvalue weighted by atomic mass is 16.5. The summed E-state index contributed by atoms with van der Waals surface area (Å²) in [6.07, 6.45) is 4.06. The van der Waals surface area contributed by atoms with E-state index in [0.29, 0.717) is 0 Å². The molecule has 0 spiro atoms. The Morgan fingerprint density at radius 2 is 2.00 bits per heavy atom. The van der Waals surface area contributed by atoms with Crippen molar-refractivity contribution in [3.8, 4) is 5.75 Å². The van der Waals surface area contributed by atoms with Crippen LogP contribution in [0.25, 0.3) is 0 Å². The summed E-state index contributed by atoms with van der Waals surface area (Å²) >= 11 is 0. The number of benzene rings is 1. The third-order valence-electron chi connectivity index (χ3n) is 3.98. The molecule has 1 aromatic carbocycles. The van der Waals surface area contributed by atoms with Gasteiger partial charge in [0.05, 0.1) is 6.10 Å². The van der Waals surface area contributed by atoms with Gasteiger partial charge >= 0.3 is 0 Å². The number of unbranched alkanes of at least 4 members (excludes halogenated alkanes) is 2. The molecule has 0 aliphatic carbocycles. The number of ether oxygens (including phenoxy) is 2. The zero-order valence-corrected chi connectivity index (χ0v) is 15.4. The summed E-state index contributed by atoms with van der Waals surface area (Å²) < 4.78 is 11.2. The van der Waals surface area contributed by atoms with Gasteiger partial charge in [-0.15, -0.1) is 0 Å². The molecular weight excluding hydrogens is 290 g/mol. The Hall–Kier alpha value is -1.55. The molecule has 0 aliphatic heterocycles. The second-order valence-electron chi connectivity index (χ2n) is 6.49. The maximum absolute atomic E-state index is 12.6. The molecule has 0 saturated heterocycles. The first-order valence-corrected chi connectivity index (χ1v) is 8.46. The molecule has 0 radical (unpaired) electrons. The molecular formula is C19H31NO3. The van der Waals surface area contributed by atoms with Crippen LogP contribution in [-0.4, -0.2) is 24.7 Å². The van der Waals surface area contributed by atoms with Gasteiger partial charge < -0.3 is 14.8 Å². The van der Waals surface area contributed by atoms with Gasteiger partial charge in [0.25, 0.3) is 5.91 Å². The molecule has 23 heavy (non-hydrogen) atoms. The minimum atomic E-state index is -0.795. The molecule has 1 amide bonds. The van der Waals surface area contributed by atoms with Gasteiger partial charge in [-0.2, -0.15) is 0 Å². The summed E-state index contributed by atoms with van der Waals surface area (Å²) in [4.78, 5) is 12.6.